The highest BCUT2D eigenvalue weighted by molar-refractivity contribution is 5.78. The van der Waals surface area contributed by atoms with Crippen LogP contribution in [-0.4, -0.2) is 34.8 Å². The largest absolute Gasteiger partial charge is 0.496 e. The smallest absolute Gasteiger partial charge is 0.278 e. The van der Waals surface area contributed by atoms with Crippen LogP contribution < -0.4 is 10.3 Å². The van der Waals surface area contributed by atoms with Crippen molar-refractivity contribution in [3.63, 3.8) is 0 Å². The van der Waals surface area contributed by atoms with Crippen molar-refractivity contribution < 1.29 is 14.6 Å². The first-order valence-electron chi connectivity index (χ1n) is 7.80. The van der Waals surface area contributed by atoms with E-state index in [4.69, 9.17) is 9.47 Å². The Morgan fingerprint density at radius 1 is 1.21 bits per heavy atom. The predicted molar refractivity (Wildman–Crippen MR) is 90.5 cm³/mol. The van der Waals surface area contributed by atoms with Gasteiger partial charge in [-0.25, -0.2) is 9.36 Å². The Morgan fingerprint density at radius 3 is 2.58 bits per heavy atom. The SMILES string of the molecule is CC#Cc1cc(C)c(-c2c(O)n3n(c2=O)CCOCC3)c(OC)c1. The fourth-order valence-electron chi connectivity index (χ4n) is 3.10. The molecule has 0 amide bonds. The zero-order chi connectivity index (χ0) is 17.3. The molecule has 1 aliphatic heterocycles. The Morgan fingerprint density at radius 2 is 1.92 bits per heavy atom. The zero-order valence-electron chi connectivity index (χ0n) is 14.0. The summed E-state index contributed by atoms with van der Waals surface area (Å²) in [5.74, 6) is 6.31. The van der Waals surface area contributed by atoms with E-state index in [-0.39, 0.29) is 17.0 Å². The summed E-state index contributed by atoms with van der Waals surface area (Å²) in [5.41, 5.74) is 2.27. The van der Waals surface area contributed by atoms with Gasteiger partial charge in [0.15, 0.2) is 0 Å². The predicted octanol–water partition coefficient (Wildman–Crippen LogP) is 1.74. The summed E-state index contributed by atoms with van der Waals surface area (Å²) < 4.78 is 13.9. The first-order valence-corrected chi connectivity index (χ1v) is 7.80. The van der Waals surface area contributed by atoms with Crippen molar-refractivity contribution in [2.45, 2.75) is 26.9 Å². The van der Waals surface area contributed by atoms with Crippen LogP contribution >= 0.6 is 0 Å². The van der Waals surface area contributed by atoms with Crippen molar-refractivity contribution in [2.24, 2.45) is 0 Å². The number of fused-ring (bicyclic) bond motifs is 1. The lowest BCUT2D eigenvalue weighted by Gasteiger charge is -2.11. The van der Waals surface area contributed by atoms with Gasteiger partial charge in [0.25, 0.3) is 5.56 Å². The van der Waals surface area contributed by atoms with Gasteiger partial charge in [-0.1, -0.05) is 5.92 Å². The molecule has 24 heavy (non-hydrogen) atoms. The molecule has 126 valence electrons. The third-order valence-electron chi connectivity index (χ3n) is 4.14. The van der Waals surface area contributed by atoms with Crippen molar-refractivity contribution >= 4 is 0 Å². The van der Waals surface area contributed by atoms with Gasteiger partial charge in [-0.3, -0.25) is 4.79 Å². The summed E-state index contributed by atoms with van der Waals surface area (Å²) in [6, 6.07) is 3.68. The average Bonchev–Trinajstić information content (AvgIpc) is 2.75. The summed E-state index contributed by atoms with van der Waals surface area (Å²) in [6.45, 7) is 5.40. The quantitative estimate of drug-likeness (QED) is 0.853. The third-order valence-corrected chi connectivity index (χ3v) is 4.14. The number of benzene rings is 1. The highest BCUT2D eigenvalue weighted by Crippen LogP contribution is 2.37. The minimum atomic E-state index is -0.242. The maximum atomic E-state index is 12.9. The molecule has 1 aromatic carbocycles. The number of aromatic nitrogens is 2. The van der Waals surface area contributed by atoms with Gasteiger partial charge in [-0.15, -0.1) is 5.92 Å². The van der Waals surface area contributed by atoms with Crippen molar-refractivity contribution in [1.82, 2.24) is 9.36 Å². The number of aryl methyl sites for hydroxylation is 1. The number of hydrogen-bond donors (Lipinski definition) is 1. The topological polar surface area (TPSA) is 65.6 Å². The third kappa shape index (κ3) is 2.57. The molecule has 0 atom stereocenters. The molecule has 0 radical (unpaired) electrons. The van der Waals surface area contributed by atoms with Crippen molar-refractivity contribution in [3.8, 4) is 34.6 Å². The van der Waals surface area contributed by atoms with Crippen molar-refractivity contribution in [3.05, 3.63) is 33.6 Å². The van der Waals surface area contributed by atoms with Gasteiger partial charge in [-0.2, -0.15) is 0 Å². The van der Waals surface area contributed by atoms with Crippen molar-refractivity contribution in [2.75, 3.05) is 20.3 Å². The van der Waals surface area contributed by atoms with Crippen LogP contribution in [-0.2, 0) is 17.8 Å². The first-order chi connectivity index (χ1) is 11.6. The molecule has 2 heterocycles. The monoisotopic (exact) mass is 328 g/mol. The Kier molecular flexibility index (Phi) is 4.36. The number of nitrogens with zero attached hydrogens (tertiary/aromatic N) is 2. The number of rotatable bonds is 2. The Labute approximate surface area is 140 Å². The van der Waals surface area contributed by atoms with Crippen molar-refractivity contribution in [1.29, 1.82) is 0 Å². The Balaban J connectivity index is 2.26. The van der Waals surface area contributed by atoms with E-state index in [0.717, 1.165) is 11.1 Å². The molecule has 1 N–H and O–H groups in total. The summed E-state index contributed by atoms with van der Waals surface area (Å²) in [7, 11) is 1.55. The normalized spacial score (nSPS) is 13.6. The Bertz CT molecular complexity index is 896. The van der Waals surface area contributed by atoms with Gasteiger partial charge in [-0.05, 0) is 31.5 Å². The first kappa shape index (κ1) is 16.2. The van der Waals surface area contributed by atoms with Crippen LogP contribution in [0.25, 0.3) is 11.1 Å². The molecular formula is C18H20N2O4. The van der Waals surface area contributed by atoms with E-state index in [0.29, 0.717) is 37.6 Å². The summed E-state index contributed by atoms with van der Waals surface area (Å²) in [4.78, 5) is 12.9. The van der Waals surface area contributed by atoms with E-state index >= 15 is 0 Å². The van der Waals surface area contributed by atoms with Gasteiger partial charge in [0, 0.05) is 11.1 Å². The van der Waals surface area contributed by atoms with Crippen LogP contribution in [0, 0.1) is 18.8 Å². The standard InChI is InChI=1S/C18H20N2O4/c1-4-5-13-10-12(2)15(14(11-13)23-3)16-17(21)19-6-8-24-9-7-20(19)18(16)22/h10-11,21H,6-9H2,1-3H3. The second kappa shape index (κ2) is 6.46. The molecule has 0 spiro atoms. The molecule has 1 aromatic heterocycles. The molecular weight excluding hydrogens is 308 g/mol. The molecule has 0 bridgehead atoms. The highest BCUT2D eigenvalue weighted by atomic mass is 16.5. The molecule has 0 unspecified atom stereocenters. The lowest BCUT2D eigenvalue weighted by Crippen LogP contribution is -2.23. The molecule has 0 saturated carbocycles. The Hall–Kier alpha value is -2.65. The molecule has 2 aromatic rings. The molecule has 3 rings (SSSR count). The maximum Gasteiger partial charge on any atom is 0.278 e. The minimum absolute atomic E-state index is 0.0544. The van der Waals surface area contributed by atoms with E-state index in [1.807, 2.05) is 13.0 Å². The van der Waals surface area contributed by atoms with Gasteiger partial charge < -0.3 is 14.6 Å². The summed E-state index contributed by atoms with van der Waals surface area (Å²) in [5, 5.41) is 10.7. The molecule has 6 heteroatoms. The fourth-order valence-corrected chi connectivity index (χ4v) is 3.10. The average molecular weight is 328 g/mol. The number of methoxy groups -OCH3 is 1. The van der Waals surface area contributed by atoms with Crippen LogP contribution in [0.2, 0.25) is 0 Å². The summed E-state index contributed by atoms with van der Waals surface area (Å²) in [6.07, 6.45) is 0. The second-order valence-corrected chi connectivity index (χ2v) is 5.61. The van der Waals surface area contributed by atoms with Crippen LogP contribution in [0.1, 0.15) is 18.1 Å². The lowest BCUT2D eigenvalue weighted by molar-refractivity contribution is 0.137. The highest BCUT2D eigenvalue weighted by Gasteiger charge is 2.26. The lowest BCUT2D eigenvalue weighted by atomic mass is 9.98. The minimum Gasteiger partial charge on any atom is -0.496 e. The van der Waals surface area contributed by atoms with E-state index < -0.39 is 0 Å². The number of ether oxygens (including phenoxy) is 2. The molecule has 1 aliphatic rings. The van der Waals surface area contributed by atoms with Crippen LogP contribution in [0.15, 0.2) is 16.9 Å². The number of hydrogen-bond acceptors (Lipinski definition) is 4. The summed E-state index contributed by atoms with van der Waals surface area (Å²) >= 11 is 0. The molecule has 0 saturated heterocycles. The molecule has 6 nitrogen and oxygen atoms in total. The number of aromatic hydroxyl groups is 1. The van der Waals surface area contributed by atoms with E-state index in [9.17, 15) is 9.90 Å². The van der Waals surface area contributed by atoms with Crippen LogP contribution in [0.4, 0.5) is 0 Å². The zero-order valence-corrected chi connectivity index (χ0v) is 14.0. The van der Waals surface area contributed by atoms with E-state index in [1.165, 1.54) is 4.68 Å². The van der Waals surface area contributed by atoms with Gasteiger partial charge in [0.2, 0.25) is 5.88 Å². The fraction of sp³-hybridized carbons (Fsp3) is 0.389. The van der Waals surface area contributed by atoms with Gasteiger partial charge in [0.05, 0.1) is 33.4 Å². The van der Waals surface area contributed by atoms with Crippen LogP contribution in [0.5, 0.6) is 11.6 Å². The molecule has 0 fully saturated rings. The second-order valence-electron chi connectivity index (χ2n) is 5.61. The van der Waals surface area contributed by atoms with Gasteiger partial charge in [0.1, 0.15) is 11.3 Å². The van der Waals surface area contributed by atoms with Crippen LogP contribution in [0.3, 0.4) is 0 Å². The van der Waals surface area contributed by atoms with Gasteiger partial charge >= 0.3 is 0 Å². The van der Waals surface area contributed by atoms with E-state index in [1.54, 1.807) is 24.8 Å². The van der Waals surface area contributed by atoms with E-state index in [2.05, 4.69) is 11.8 Å². The molecule has 0 aliphatic carbocycles. The maximum absolute atomic E-state index is 12.9.